The first kappa shape index (κ1) is 16.6. The van der Waals surface area contributed by atoms with E-state index in [9.17, 15) is 14.5 Å². The summed E-state index contributed by atoms with van der Waals surface area (Å²) in [7, 11) is 0. The van der Waals surface area contributed by atoms with Gasteiger partial charge in [-0.15, -0.1) is 0 Å². The molecule has 0 bridgehead atoms. The highest BCUT2D eigenvalue weighted by Gasteiger charge is 2.29. The maximum absolute atomic E-state index is 14.0. The lowest BCUT2D eigenvalue weighted by Crippen LogP contribution is -2.39. The Kier molecular flexibility index (Phi) is 4.37. The monoisotopic (exact) mass is 359 g/mol. The van der Waals surface area contributed by atoms with Gasteiger partial charge in [-0.25, -0.2) is 9.37 Å². The molecule has 1 atom stereocenters. The normalized spacial score (nSPS) is 20.0. The molecule has 1 saturated carbocycles. The van der Waals surface area contributed by atoms with Gasteiger partial charge in [0.05, 0.1) is 18.1 Å². The van der Waals surface area contributed by atoms with Crippen LogP contribution in [0.4, 0.5) is 21.8 Å². The molecule has 1 aromatic heterocycles. The summed E-state index contributed by atoms with van der Waals surface area (Å²) in [5, 5.41) is 14.3. The molecule has 1 aliphatic heterocycles. The van der Waals surface area contributed by atoms with E-state index in [0.29, 0.717) is 31.2 Å². The largest absolute Gasteiger partial charge is 0.370 e. The van der Waals surface area contributed by atoms with Crippen LogP contribution in [-0.4, -0.2) is 40.6 Å². The molecule has 0 spiro atoms. The minimum Gasteiger partial charge on any atom is -0.370 e. The van der Waals surface area contributed by atoms with Gasteiger partial charge >= 0.3 is 5.69 Å². The van der Waals surface area contributed by atoms with E-state index in [-0.39, 0.29) is 23.4 Å². The summed E-state index contributed by atoms with van der Waals surface area (Å²) in [6.07, 6.45) is 2.73. The smallest absolute Gasteiger partial charge is 0.329 e. The van der Waals surface area contributed by atoms with Crippen molar-refractivity contribution in [3.05, 3.63) is 52.0 Å². The quantitative estimate of drug-likeness (QED) is 0.648. The molecule has 9 heteroatoms. The van der Waals surface area contributed by atoms with Gasteiger partial charge in [0.15, 0.2) is 0 Å². The van der Waals surface area contributed by atoms with Crippen molar-refractivity contribution in [3.63, 3.8) is 0 Å². The van der Waals surface area contributed by atoms with Crippen molar-refractivity contribution >= 4 is 17.5 Å². The first-order chi connectivity index (χ1) is 12.6. The first-order valence-corrected chi connectivity index (χ1v) is 8.51. The van der Waals surface area contributed by atoms with Crippen LogP contribution in [0.1, 0.15) is 24.5 Å². The molecule has 1 aliphatic carbocycles. The molecule has 2 fully saturated rings. The predicted octanol–water partition coefficient (Wildman–Crippen LogP) is 2.68. The molecule has 4 rings (SSSR count). The van der Waals surface area contributed by atoms with E-state index in [1.54, 1.807) is 18.2 Å². The van der Waals surface area contributed by atoms with Crippen molar-refractivity contribution < 1.29 is 14.1 Å². The molecule has 2 aliphatic rings. The minimum absolute atomic E-state index is 0.139. The van der Waals surface area contributed by atoms with Gasteiger partial charge in [0.1, 0.15) is 18.1 Å². The van der Waals surface area contributed by atoms with Gasteiger partial charge < -0.3 is 15.0 Å². The average molecular weight is 359 g/mol. The Morgan fingerprint density at radius 3 is 2.88 bits per heavy atom. The third kappa shape index (κ3) is 3.43. The SMILES string of the molecule is O=[N+]([O-])c1cnc(N2CCOC(c3ccccc3F)C2)nc1NC1CC1. The van der Waals surface area contributed by atoms with E-state index in [1.807, 2.05) is 4.90 Å². The highest BCUT2D eigenvalue weighted by atomic mass is 19.1. The molecule has 1 N–H and O–H groups in total. The zero-order chi connectivity index (χ0) is 18.1. The van der Waals surface area contributed by atoms with Crippen LogP contribution in [0, 0.1) is 15.9 Å². The molecule has 0 amide bonds. The van der Waals surface area contributed by atoms with Crippen molar-refractivity contribution in [1.82, 2.24) is 9.97 Å². The van der Waals surface area contributed by atoms with Gasteiger partial charge in [0.2, 0.25) is 11.8 Å². The fourth-order valence-corrected chi connectivity index (χ4v) is 2.93. The van der Waals surface area contributed by atoms with E-state index in [2.05, 4.69) is 15.3 Å². The third-order valence-corrected chi connectivity index (χ3v) is 4.47. The number of anilines is 2. The van der Waals surface area contributed by atoms with E-state index in [0.717, 1.165) is 12.8 Å². The highest BCUT2D eigenvalue weighted by Crippen LogP contribution is 2.31. The summed E-state index contributed by atoms with van der Waals surface area (Å²) in [5.41, 5.74) is 0.343. The number of hydrogen-bond donors (Lipinski definition) is 1. The average Bonchev–Trinajstić information content (AvgIpc) is 3.46. The van der Waals surface area contributed by atoms with Crippen LogP contribution in [-0.2, 0) is 4.74 Å². The van der Waals surface area contributed by atoms with E-state index in [1.165, 1.54) is 12.3 Å². The summed E-state index contributed by atoms with van der Waals surface area (Å²) >= 11 is 0. The topological polar surface area (TPSA) is 93.4 Å². The summed E-state index contributed by atoms with van der Waals surface area (Å²) in [6.45, 7) is 1.30. The lowest BCUT2D eigenvalue weighted by atomic mass is 10.1. The zero-order valence-corrected chi connectivity index (χ0v) is 14.0. The van der Waals surface area contributed by atoms with Crippen LogP contribution >= 0.6 is 0 Å². The van der Waals surface area contributed by atoms with E-state index >= 15 is 0 Å². The molecule has 1 unspecified atom stereocenters. The standard InChI is InChI=1S/C17H18FN5O3/c18-13-4-2-1-3-12(13)15-10-22(7-8-26-15)17-19-9-14(23(24)25)16(21-17)20-11-5-6-11/h1-4,9,11,15H,5-8,10H2,(H,19,20,21). The number of morpholine rings is 1. The summed E-state index contributed by atoms with van der Waals surface area (Å²) in [4.78, 5) is 21.1. The molecular formula is C17H18FN5O3. The predicted molar refractivity (Wildman–Crippen MR) is 92.6 cm³/mol. The summed E-state index contributed by atoms with van der Waals surface area (Å²) in [5.74, 6) is 0.292. The lowest BCUT2D eigenvalue weighted by molar-refractivity contribution is -0.384. The molecule has 1 saturated heterocycles. The summed E-state index contributed by atoms with van der Waals surface area (Å²) < 4.78 is 19.7. The first-order valence-electron chi connectivity index (χ1n) is 8.51. The number of nitro groups is 1. The second kappa shape index (κ2) is 6.83. The van der Waals surface area contributed by atoms with Crippen LogP contribution < -0.4 is 10.2 Å². The molecule has 136 valence electrons. The van der Waals surface area contributed by atoms with Crippen molar-refractivity contribution in [1.29, 1.82) is 0 Å². The van der Waals surface area contributed by atoms with Crippen LogP contribution in [0.3, 0.4) is 0 Å². The van der Waals surface area contributed by atoms with Crippen molar-refractivity contribution in [2.75, 3.05) is 29.9 Å². The molecule has 26 heavy (non-hydrogen) atoms. The van der Waals surface area contributed by atoms with Gasteiger partial charge in [-0.2, -0.15) is 4.98 Å². The lowest BCUT2D eigenvalue weighted by Gasteiger charge is -2.33. The minimum atomic E-state index is -0.490. The van der Waals surface area contributed by atoms with Gasteiger partial charge in [-0.05, 0) is 18.9 Å². The second-order valence-corrected chi connectivity index (χ2v) is 6.41. The second-order valence-electron chi connectivity index (χ2n) is 6.41. The zero-order valence-electron chi connectivity index (χ0n) is 14.0. The third-order valence-electron chi connectivity index (χ3n) is 4.47. The molecular weight excluding hydrogens is 341 g/mol. The van der Waals surface area contributed by atoms with Gasteiger partial charge in [0.25, 0.3) is 0 Å². The summed E-state index contributed by atoms with van der Waals surface area (Å²) in [6, 6.07) is 6.72. The Hall–Kier alpha value is -2.81. The Labute approximate surface area is 149 Å². The van der Waals surface area contributed by atoms with Crippen molar-refractivity contribution in [2.45, 2.75) is 25.0 Å². The maximum atomic E-state index is 14.0. The number of ether oxygens (including phenoxy) is 1. The molecule has 1 aromatic carbocycles. The van der Waals surface area contributed by atoms with Gasteiger partial charge in [-0.3, -0.25) is 10.1 Å². The Bertz CT molecular complexity index is 830. The van der Waals surface area contributed by atoms with E-state index < -0.39 is 11.0 Å². The number of hydrogen-bond acceptors (Lipinski definition) is 7. The van der Waals surface area contributed by atoms with Gasteiger partial charge in [0, 0.05) is 18.2 Å². The molecule has 2 aromatic rings. The van der Waals surface area contributed by atoms with E-state index in [4.69, 9.17) is 4.74 Å². The highest BCUT2D eigenvalue weighted by molar-refractivity contribution is 5.58. The van der Waals surface area contributed by atoms with Gasteiger partial charge in [-0.1, -0.05) is 18.2 Å². The number of benzene rings is 1. The molecule has 2 heterocycles. The number of rotatable bonds is 5. The van der Waals surface area contributed by atoms with Crippen LogP contribution in [0.25, 0.3) is 0 Å². The van der Waals surface area contributed by atoms with Crippen LogP contribution in [0.2, 0.25) is 0 Å². The number of nitrogens with one attached hydrogen (secondary N) is 1. The molecule has 0 radical (unpaired) electrons. The number of nitrogens with zero attached hydrogens (tertiary/aromatic N) is 4. The van der Waals surface area contributed by atoms with Crippen molar-refractivity contribution in [3.8, 4) is 0 Å². The Morgan fingerprint density at radius 1 is 1.35 bits per heavy atom. The van der Waals surface area contributed by atoms with Crippen LogP contribution in [0.5, 0.6) is 0 Å². The Morgan fingerprint density at radius 2 is 2.15 bits per heavy atom. The number of aromatic nitrogens is 2. The molecule has 8 nitrogen and oxygen atoms in total. The Balaban J connectivity index is 1.58. The van der Waals surface area contributed by atoms with Crippen molar-refractivity contribution in [2.24, 2.45) is 0 Å². The fourth-order valence-electron chi connectivity index (χ4n) is 2.93. The number of halogens is 1. The fraction of sp³-hybridized carbons (Fsp3) is 0.412. The van der Waals surface area contributed by atoms with Crippen LogP contribution in [0.15, 0.2) is 30.5 Å². The maximum Gasteiger partial charge on any atom is 0.329 e.